The van der Waals surface area contributed by atoms with Gasteiger partial charge >= 0.3 is 5.97 Å². The van der Waals surface area contributed by atoms with Crippen LogP contribution in [0.1, 0.15) is 34.6 Å². The van der Waals surface area contributed by atoms with Gasteiger partial charge in [-0.05, 0) is 41.8 Å². The number of nitrogens with zero attached hydrogens (tertiary/aromatic N) is 1. The van der Waals surface area contributed by atoms with E-state index in [1.165, 1.54) is 0 Å². The summed E-state index contributed by atoms with van der Waals surface area (Å²) >= 11 is 0. The maximum absolute atomic E-state index is 13.6. The molecule has 0 saturated carbocycles. The lowest BCUT2D eigenvalue weighted by molar-refractivity contribution is 0.0515. The van der Waals surface area contributed by atoms with Gasteiger partial charge in [0.15, 0.2) is 0 Å². The Labute approximate surface area is 199 Å². The van der Waals surface area contributed by atoms with E-state index < -0.39 is 0 Å². The van der Waals surface area contributed by atoms with E-state index in [0.29, 0.717) is 11.4 Å². The fourth-order valence-corrected chi connectivity index (χ4v) is 4.66. The molecular formula is C30H26N2O2. The Hall–Kier alpha value is -4.31. The van der Waals surface area contributed by atoms with Crippen LogP contribution in [0, 0.1) is 0 Å². The summed E-state index contributed by atoms with van der Waals surface area (Å²) in [6.07, 6.45) is 0. The highest BCUT2D eigenvalue weighted by Crippen LogP contribution is 2.41. The van der Waals surface area contributed by atoms with Crippen LogP contribution in [-0.2, 0) is 4.74 Å². The number of hydrogen-bond acceptors (Lipinski definition) is 3. The molecule has 5 aromatic rings. The standard InChI is InChI=1S/C30H26N2O2/c1-2-34-30(33)29-27(21-12-6-3-7-13-21)25-20-24(31)18-19-26(25)32(29)28(22-14-8-4-9-15-22)23-16-10-5-11-17-23/h3-20,28H,2,31H2,1H3. The first-order valence-corrected chi connectivity index (χ1v) is 11.4. The average Bonchev–Trinajstić information content (AvgIpc) is 3.20. The smallest absolute Gasteiger partial charge is 0.355 e. The number of hydrogen-bond donors (Lipinski definition) is 1. The SMILES string of the molecule is CCOC(=O)c1c(-c2ccccc2)c2cc(N)ccc2n1C(c1ccccc1)c1ccccc1. The molecule has 34 heavy (non-hydrogen) atoms. The molecule has 5 rings (SSSR count). The average molecular weight is 447 g/mol. The van der Waals surface area contributed by atoms with Crippen molar-refractivity contribution in [1.29, 1.82) is 0 Å². The fourth-order valence-electron chi connectivity index (χ4n) is 4.66. The molecule has 168 valence electrons. The first-order valence-electron chi connectivity index (χ1n) is 11.4. The normalized spacial score (nSPS) is 11.1. The summed E-state index contributed by atoms with van der Waals surface area (Å²) in [6.45, 7) is 2.12. The van der Waals surface area contributed by atoms with Crippen molar-refractivity contribution in [2.24, 2.45) is 0 Å². The van der Waals surface area contributed by atoms with Crippen LogP contribution in [0.5, 0.6) is 0 Å². The molecule has 0 amide bonds. The Morgan fingerprint density at radius 3 is 1.94 bits per heavy atom. The summed E-state index contributed by atoms with van der Waals surface area (Å²) in [5.74, 6) is -0.354. The summed E-state index contributed by atoms with van der Waals surface area (Å²) in [7, 11) is 0. The number of carbonyl (C=O) groups excluding carboxylic acids is 1. The zero-order chi connectivity index (χ0) is 23.5. The Bertz CT molecular complexity index is 1390. The van der Waals surface area contributed by atoms with Crippen molar-refractivity contribution in [3.63, 3.8) is 0 Å². The van der Waals surface area contributed by atoms with Crippen LogP contribution in [0.2, 0.25) is 0 Å². The molecule has 2 N–H and O–H groups in total. The number of nitrogen functional groups attached to an aromatic ring is 1. The van der Waals surface area contributed by atoms with Gasteiger partial charge in [0.25, 0.3) is 0 Å². The van der Waals surface area contributed by atoms with Gasteiger partial charge < -0.3 is 15.0 Å². The Balaban J connectivity index is 1.93. The highest BCUT2D eigenvalue weighted by molar-refractivity contribution is 6.09. The summed E-state index contributed by atoms with van der Waals surface area (Å²) in [5.41, 5.74) is 12.3. The molecule has 0 aliphatic rings. The van der Waals surface area contributed by atoms with Crippen LogP contribution in [0.15, 0.2) is 109 Å². The maximum Gasteiger partial charge on any atom is 0.355 e. The second-order valence-electron chi connectivity index (χ2n) is 8.18. The Morgan fingerprint density at radius 1 is 0.824 bits per heavy atom. The molecule has 0 spiro atoms. The van der Waals surface area contributed by atoms with Crippen LogP contribution in [0.3, 0.4) is 0 Å². The number of nitrogens with two attached hydrogens (primary N) is 1. The van der Waals surface area contributed by atoms with Crippen molar-refractivity contribution in [3.8, 4) is 11.1 Å². The second kappa shape index (κ2) is 9.28. The van der Waals surface area contributed by atoms with E-state index >= 15 is 0 Å². The Morgan fingerprint density at radius 2 is 1.38 bits per heavy atom. The Kier molecular flexibility index (Phi) is 5.88. The topological polar surface area (TPSA) is 57.2 Å². The summed E-state index contributed by atoms with van der Waals surface area (Å²) in [4.78, 5) is 13.6. The highest BCUT2D eigenvalue weighted by Gasteiger charge is 2.30. The van der Waals surface area contributed by atoms with Gasteiger partial charge in [-0.15, -0.1) is 0 Å². The van der Waals surface area contributed by atoms with Crippen molar-refractivity contribution in [3.05, 3.63) is 126 Å². The number of carbonyl (C=O) groups is 1. The fraction of sp³-hybridized carbons (Fsp3) is 0.100. The van der Waals surface area contributed by atoms with E-state index in [0.717, 1.165) is 33.2 Å². The van der Waals surface area contributed by atoms with Gasteiger partial charge in [0, 0.05) is 16.6 Å². The lowest BCUT2D eigenvalue weighted by Gasteiger charge is -2.24. The summed E-state index contributed by atoms with van der Waals surface area (Å²) in [6, 6.07) is 36.0. The van der Waals surface area contributed by atoms with Gasteiger partial charge in [-0.1, -0.05) is 91.0 Å². The molecule has 1 heterocycles. The van der Waals surface area contributed by atoms with Crippen molar-refractivity contribution < 1.29 is 9.53 Å². The lowest BCUT2D eigenvalue weighted by Crippen LogP contribution is -2.19. The van der Waals surface area contributed by atoms with Crippen molar-refractivity contribution in [2.75, 3.05) is 12.3 Å². The van der Waals surface area contributed by atoms with E-state index in [1.807, 2.05) is 91.9 Å². The molecule has 0 radical (unpaired) electrons. The molecule has 0 atom stereocenters. The third-order valence-electron chi connectivity index (χ3n) is 6.05. The van der Waals surface area contributed by atoms with Gasteiger partial charge in [0.05, 0.1) is 18.2 Å². The summed E-state index contributed by atoms with van der Waals surface area (Å²) in [5, 5.41) is 0.922. The number of aromatic nitrogens is 1. The van der Waals surface area contributed by atoms with Gasteiger partial charge in [0.1, 0.15) is 5.69 Å². The number of benzene rings is 4. The number of anilines is 1. The number of rotatable bonds is 6. The quantitative estimate of drug-likeness (QED) is 0.233. The molecule has 0 bridgehead atoms. The zero-order valence-corrected chi connectivity index (χ0v) is 19.0. The molecule has 1 aromatic heterocycles. The minimum atomic E-state index is -0.354. The molecular weight excluding hydrogens is 420 g/mol. The van der Waals surface area contributed by atoms with Gasteiger partial charge in [0.2, 0.25) is 0 Å². The van der Waals surface area contributed by atoms with Gasteiger partial charge in [-0.3, -0.25) is 0 Å². The minimum Gasteiger partial charge on any atom is -0.461 e. The van der Waals surface area contributed by atoms with Crippen LogP contribution in [0.25, 0.3) is 22.0 Å². The predicted molar refractivity (Wildman–Crippen MR) is 138 cm³/mol. The number of fused-ring (bicyclic) bond motifs is 1. The maximum atomic E-state index is 13.6. The van der Waals surface area contributed by atoms with E-state index in [9.17, 15) is 4.79 Å². The second-order valence-corrected chi connectivity index (χ2v) is 8.18. The first-order chi connectivity index (χ1) is 16.7. The molecule has 0 aliphatic carbocycles. The van der Waals surface area contributed by atoms with E-state index in [1.54, 1.807) is 0 Å². The zero-order valence-electron chi connectivity index (χ0n) is 19.0. The number of esters is 1. The monoisotopic (exact) mass is 446 g/mol. The third-order valence-corrected chi connectivity index (χ3v) is 6.05. The summed E-state index contributed by atoms with van der Waals surface area (Å²) < 4.78 is 7.73. The molecule has 0 fully saturated rings. The van der Waals surface area contributed by atoms with E-state index in [4.69, 9.17) is 10.5 Å². The molecule has 0 unspecified atom stereocenters. The number of ether oxygens (including phenoxy) is 1. The van der Waals surface area contributed by atoms with Crippen LogP contribution >= 0.6 is 0 Å². The predicted octanol–water partition coefficient (Wildman–Crippen LogP) is 6.70. The van der Waals surface area contributed by atoms with Crippen LogP contribution in [-0.4, -0.2) is 17.1 Å². The van der Waals surface area contributed by atoms with Gasteiger partial charge in [-0.2, -0.15) is 0 Å². The molecule has 0 saturated heterocycles. The minimum absolute atomic E-state index is 0.231. The van der Waals surface area contributed by atoms with Crippen molar-refractivity contribution in [1.82, 2.24) is 4.57 Å². The van der Waals surface area contributed by atoms with Crippen LogP contribution < -0.4 is 5.73 Å². The van der Waals surface area contributed by atoms with E-state index in [-0.39, 0.29) is 18.6 Å². The van der Waals surface area contributed by atoms with Crippen molar-refractivity contribution in [2.45, 2.75) is 13.0 Å². The van der Waals surface area contributed by atoms with Crippen LogP contribution in [0.4, 0.5) is 5.69 Å². The third kappa shape index (κ3) is 3.84. The van der Waals surface area contributed by atoms with Gasteiger partial charge in [-0.25, -0.2) is 4.79 Å². The lowest BCUT2D eigenvalue weighted by atomic mass is 9.97. The first kappa shape index (κ1) is 21.5. The molecule has 4 heteroatoms. The molecule has 4 aromatic carbocycles. The van der Waals surface area contributed by atoms with E-state index in [2.05, 4.69) is 28.8 Å². The van der Waals surface area contributed by atoms with Crippen molar-refractivity contribution >= 4 is 22.6 Å². The highest BCUT2D eigenvalue weighted by atomic mass is 16.5. The molecule has 4 nitrogen and oxygen atoms in total. The largest absolute Gasteiger partial charge is 0.461 e. The molecule has 0 aliphatic heterocycles.